The van der Waals surface area contributed by atoms with Crippen molar-refractivity contribution in [2.45, 2.75) is 0 Å². The van der Waals surface area contributed by atoms with Crippen molar-refractivity contribution in [3.8, 4) is 5.75 Å². The van der Waals surface area contributed by atoms with Gasteiger partial charge in [0.1, 0.15) is 12.0 Å². The van der Waals surface area contributed by atoms with Gasteiger partial charge in [0.05, 0.1) is 7.11 Å². The maximum atomic E-state index is 11.6. The van der Waals surface area contributed by atoms with Gasteiger partial charge in [0.2, 0.25) is 0 Å². The van der Waals surface area contributed by atoms with Crippen LogP contribution in [0.3, 0.4) is 0 Å². The van der Waals surface area contributed by atoms with E-state index in [2.05, 4.69) is 20.6 Å². The average Bonchev–Trinajstić information content (AvgIpc) is 2.55. The van der Waals surface area contributed by atoms with E-state index in [0.717, 1.165) is 6.21 Å². The Morgan fingerprint density at radius 3 is 2.50 bits per heavy atom. The molecule has 0 saturated heterocycles. The SMILES string of the molecule is COc1ccc(NC(=O)/C=N/OC(=O)Nc2cccc(Cl)c2)cc1. The zero-order valence-corrected chi connectivity index (χ0v) is 13.4. The number of methoxy groups -OCH3 is 1. The van der Waals surface area contributed by atoms with Gasteiger partial charge in [-0.1, -0.05) is 22.8 Å². The number of benzene rings is 2. The lowest BCUT2D eigenvalue weighted by Crippen LogP contribution is -2.15. The van der Waals surface area contributed by atoms with E-state index in [1.807, 2.05) is 0 Å². The summed E-state index contributed by atoms with van der Waals surface area (Å²) in [5.74, 6) is 0.124. The minimum atomic E-state index is -0.842. The van der Waals surface area contributed by atoms with Crippen molar-refractivity contribution in [2.75, 3.05) is 17.7 Å². The molecule has 0 spiro atoms. The molecule has 0 aliphatic heterocycles. The van der Waals surface area contributed by atoms with Crippen LogP contribution in [0.2, 0.25) is 5.02 Å². The topological polar surface area (TPSA) is 89.0 Å². The molecule has 8 heteroatoms. The predicted octanol–water partition coefficient (Wildman–Crippen LogP) is 3.52. The number of carbonyl (C=O) groups excluding carboxylic acids is 2. The van der Waals surface area contributed by atoms with Crippen LogP contribution in [0, 0.1) is 0 Å². The number of nitrogens with one attached hydrogen (secondary N) is 2. The van der Waals surface area contributed by atoms with Crippen LogP contribution in [0.25, 0.3) is 0 Å². The van der Waals surface area contributed by atoms with Crippen LogP contribution in [0.1, 0.15) is 0 Å². The number of halogens is 1. The molecule has 0 saturated carbocycles. The van der Waals surface area contributed by atoms with Crippen LogP contribution in [0.5, 0.6) is 5.75 Å². The van der Waals surface area contributed by atoms with Gasteiger partial charge in [-0.15, -0.1) is 0 Å². The molecule has 0 aliphatic carbocycles. The standard InChI is InChI=1S/C16H14ClN3O4/c1-23-14-7-5-12(6-8-14)19-15(21)10-18-24-16(22)20-13-4-2-3-11(17)9-13/h2-10H,1H3,(H,19,21)(H,20,22)/b18-10+. The van der Waals surface area contributed by atoms with E-state index in [-0.39, 0.29) is 0 Å². The zero-order chi connectivity index (χ0) is 17.4. The summed E-state index contributed by atoms with van der Waals surface area (Å²) in [5.41, 5.74) is 1.00. The maximum absolute atomic E-state index is 11.6. The van der Waals surface area contributed by atoms with Crippen molar-refractivity contribution in [2.24, 2.45) is 5.16 Å². The van der Waals surface area contributed by atoms with Gasteiger partial charge in [-0.3, -0.25) is 14.9 Å². The molecule has 2 N–H and O–H groups in total. The maximum Gasteiger partial charge on any atom is 0.437 e. The summed E-state index contributed by atoms with van der Waals surface area (Å²) in [7, 11) is 1.55. The Morgan fingerprint density at radius 1 is 1.08 bits per heavy atom. The molecule has 7 nitrogen and oxygen atoms in total. The largest absolute Gasteiger partial charge is 0.497 e. The Labute approximate surface area is 143 Å². The van der Waals surface area contributed by atoms with Gasteiger partial charge in [-0.25, -0.2) is 4.79 Å². The fourth-order valence-electron chi connectivity index (χ4n) is 1.68. The van der Waals surface area contributed by atoms with Crippen molar-refractivity contribution in [1.29, 1.82) is 0 Å². The number of hydrogen-bond acceptors (Lipinski definition) is 5. The number of rotatable bonds is 5. The third kappa shape index (κ3) is 5.62. The quantitative estimate of drug-likeness (QED) is 0.492. The summed E-state index contributed by atoms with van der Waals surface area (Å²) in [6.07, 6.45) is 0.00711. The number of amides is 2. The van der Waals surface area contributed by atoms with Crippen molar-refractivity contribution < 1.29 is 19.2 Å². The van der Waals surface area contributed by atoms with Crippen LogP contribution in [-0.2, 0) is 9.63 Å². The van der Waals surface area contributed by atoms with Crippen molar-refractivity contribution in [3.63, 3.8) is 0 Å². The lowest BCUT2D eigenvalue weighted by Gasteiger charge is -2.04. The van der Waals surface area contributed by atoms with Crippen LogP contribution in [0.15, 0.2) is 53.7 Å². The first-order valence-electron chi connectivity index (χ1n) is 6.79. The highest BCUT2D eigenvalue weighted by Gasteiger charge is 2.04. The van der Waals surface area contributed by atoms with E-state index >= 15 is 0 Å². The summed E-state index contributed by atoms with van der Waals surface area (Å²) in [5, 5.41) is 8.75. The molecule has 2 amide bonds. The molecule has 0 unspecified atom stereocenters. The minimum absolute atomic E-state index is 0.449. The zero-order valence-electron chi connectivity index (χ0n) is 12.7. The molecular formula is C16H14ClN3O4. The number of anilines is 2. The smallest absolute Gasteiger partial charge is 0.437 e. The fraction of sp³-hybridized carbons (Fsp3) is 0.0625. The highest BCUT2D eigenvalue weighted by Crippen LogP contribution is 2.15. The number of ether oxygens (including phenoxy) is 1. The number of oxime groups is 1. The third-order valence-corrected chi connectivity index (χ3v) is 2.97. The Hall–Kier alpha value is -3.06. The number of hydrogen-bond donors (Lipinski definition) is 2. The second kappa shape index (κ2) is 8.54. The van der Waals surface area contributed by atoms with E-state index < -0.39 is 12.0 Å². The summed E-state index contributed by atoms with van der Waals surface area (Å²) in [6, 6.07) is 13.2. The minimum Gasteiger partial charge on any atom is -0.497 e. The van der Waals surface area contributed by atoms with Gasteiger partial charge in [0.15, 0.2) is 0 Å². The molecule has 0 atom stereocenters. The van der Waals surface area contributed by atoms with E-state index in [1.54, 1.807) is 55.6 Å². The van der Waals surface area contributed by atoms with Gasteiger partial charge in [0, 0.05) is 16.4 Å². The van der Waals surface area contributed by atoms with Gasteiger partial charge in [-0.2, -0.15) is 0 Å². The average molecular weight is 348 g/mol. The molecule has 2 rings (SSSR count). The summed E-state index contributed by atoms with van der Waals surface area (Å²) >= 11 is 5.79. The van der Waals surface area contributed by atoms with Crippen LogP contribution in [0.4, 0.5) is 16.2 Å². The fourth-order valence-corrected chi connectivity index (χ4v) is 1.87. The molecular weight excluding hydrogens is 334 g/mol. The number of carbonyl (C=O) groups is 2. The Morgan fingerprint density at radius 2 is 1.83 bits per heavy atom. The van der Waals surface area contributed by atoms with E-state index in [4.69, 9.17) is 16.3 Å². The molecule has 0 heterocycles. The Balaban J connectivity index is 1.79. The van der Waals surface area contributed by atoms with Crippen LogP contribution < -0.4 is 15.4 Å². The van der Waals surface area contributed by atoms with Gasteiger partial charge >= 0.3 is 6.09 Å². The lowest BCUT2D eigenvalue weighted by atomic mass is 10.3. The summed E-state index contributed by atoms with van der Waals surface area (Å²) in [6.45, 7) is 0. The van der Waals surface area contributed by atoms with Gasteiger partial charge in [0.25, 0.3) is 5.91 Å². The molecule has 0 fully saturated rings. The predicted molar refractivity (Wildman–Crippen MR) is 91.7 cm³/mol. The summed E-state index contributed by atoms with van der Waals surface area (Å²) < 4.78 is 5.01. The molecule has 0 aromatic heterocycles. The summed E-state index contributed by atoms with van der Waals surface area (Å²) in [4.78, 5) is 27.7. The highest BCUT2D eigenvalue weighted by atomic mass is 35.5. The van der Waals surface area contributed by atoms with Crippen molar-refractivity contribution >= 4 is 41.2 Å². The van der Waals surface area contributed by atoms with Crippen LogP contribution >= 0.6 is 11.6 Å². The highest BCUT2D eigenvalue weighted by molar-refractivity contribution is 6.31. The van der Waals surface area contributed by atoms with E-state index in [9.17, 15) is 9.59 Å². The molecule has 124 valence electrons. The molecule has 0 bridgehead atoms. The first-order chi connectivity index (χ1) is 11.6. The molecule has 0 aliphatic rings. The first-order valence-corrected chi connectivity index (χ1v) is 7.16. The van der Waals surface area contributed by atoms with E-state index in [1.165, 1.54) is 0 Å². The van der Waals surface area contributed by atoms with E-state index in [0.29, 0.717) is 22.1 Å². The lowest BCUT2D eigenvalue weighted by molar-refractivity contribution is -0.110. The Bertz CT molecular complexity index is 747. The van der Waals surface area contributed by atoms with Crippen LogP contribution in [-0.4, -0.2) is 25.3 Å². The second-order valence-electron chi connectivity index (χ2n) is 4.47. The van der Waals surface area contributed by atoms with Crippen molar-refractivity contribution in [1.82, 2.24) is 0 Å². The molecule has 2 aromatic carbocycles. The van der Waals surface area contributed by atoms with Crippen molar-refractivity contribution in [3.05, 3.63) is 53.6 Å². The van der Waals surface area contributed by atoms with Gasteiger partial charge in [-0.05, 0) is 42.5 Å². The number of nitrogens with zero attached hydrogens (tertiary/aromatic N) is 1. The monoisotopic (exact) mass is 347 g/mol. The Kier molecular flexibility index (Phi) is 6.16. The third-order valence-electron chi connectivity index (χ3n) is 2.73. The first kappa shape index (κ1) is 17.3. The molecule has 24 heavy (non-hydrogen) atoms. The second-order valence-corrected chi connectivity index (χ2v) is 4.90. The normalized spacial score (nSPS) is 10.2. The van der Waals surface area contributed by atoms with Gasteiger partial charge < -0.3 is 10.1 Å². The molecule has 2 aromatic rings. The molecule has 0 radical (unpaired) electrons.